The first-order chi connectivity index (χ1) is 14.2. The molecule has 1 aromatic carbocycles. The van der Waals surface area contributed by atoms with Gasteiger partial charge in [0.25, 0.3) is 11.6 Å². The van der Waals surface area contributed by atoms with Crippen molar-refractivity contribution in [3.05, 3.63) is 57.2 Å². The van der Waals surface area contributed by atoms with Gasteiger partial charge >= 0.3 is 11.9 Å². The number of nitrogens with zero attached hydrogens (tertiary/aromatic N) is 2. The van der Waals surface area contributed by atoms with Gasteiger partial charge in [-0.05, 0) is 24.3 Å². The molecule has 1 atom stereocenters. The molecule has 1 aromatic heterocycles. The molecule has 10 nitrogen and oxygen atoms in total. The first-order valence-electron chi connectivity index (χ1n) is 8.23. The van der Waals surface area contributed by atoms with Gasteiger partial charge in [-0.15, -0.1) is 0 Å². The van der Waals surface area contributed by atoms with E-state index in [1.54, 1.807) is 12.1 Å². The number of carbonyl (C=O) groups is 3. The highest BCUT2D eigenvalue weighted by molar-refractivity contribution is 8.26. The molecule has 154 valence electrons. The topological polar surface area (TPSA) is 151 Å². The predicted molar refractivity (Wildman–Crippen MR) is 109 cm³/mol. The Hall–Kier alpha value is -3.51. The number of hydrogen-bond donors (Lipinski definition) is 2. The summed E-state index contributed by atoms with van der Waals surface area (Å²) < 4.78 is 5.57. The average molecular weight is 448 g/mol. The fourth-order valence-corrected chi connectivity index (χ4v) is 4.00. The number of non-ortho nitro benzene ring substituents is 1. The van der Waals surface area contributed by atoms with Gasteiger partial charge in [0.1, 0.15) is 21.9 Å². The Morgan fingerprint density at radius 3 is 2.47 bits per heavy atom. The third-order valence-electron chi connectivity index (χ3n) is 4.05. The van der Waals surface area contributed by atoms with Crippen LogP contribution in [-0.4, -0.2) is 48.2 Å². The second-order valence-electron chi connectivity index (χ2n) is 6.01. The number of nitro benzene ring substituents is 1. The first kappa shape index (κ1) is 21.2. The van der Waals surface area contributed by atoms with E-state index in [1.807, 2.05) is 0 Å². The molecule has 30 heavy (non-hydrogen) atoms. The number of carboxylic acid groups (broad SMARTS) is 2. The molecule has 12 heteroatoms. The summed E-state index contributed by atoms with van der Waals surface area (Å²) in [6.07, 6.45) is 0.577. The monoisotopic (exact) mass is 448 g/mol. The number of thiocarbonyl (C=S) groups is 1. The van der Waals surface area contributed by atoms with Crippen LogP contribution in [-0.2, 0) is 14.4 Å². The van der Waals surface area contributed by atoms with Crippen LogP contribution in [0.2, 0.25) is 0 Å². The van der Waals surface area contributed by atoms with E-state index < -0.39 is 35.2 Å². The molecule has 0 spiro atoms. The summed E-state index contributed by atoms with van der Waals surface area (Å²) in [7, 11) is 0. The Kier molecular flexibility index (Phi) is 5.99. The van der Waals surface area contributed by atoms with Gasteiger partial charge in [-0.3, -0.25) is 24.6 Å². The summed E-state index contributed by atoms with van der Waals surface area (Å²) in [6.45, 7) is 0. The van der Waals surface area contributed by atoms with Crippen LogP contribution in [0.1, 0.15) is 12.2 Å². The van der Waals surface area contributed by atoms with E-state index in [0.717, 1.165) is 16.7 Å². The zero-order valence-corrected chi connectivity index (χ0v) is 16.5. The molecular formula is C18H12N2O8S2. The predicted octanol–water partition coefficient (Wildman–Crippen LogP) is 2.98. The SMILES string of the molecule is O=C(O)C[C@H](C(=O)O)N1C(=O)/C(=C/c2ccc(-c3ccc([N+](=O)[O-])cc3)o2)SC1=S. The van der Waals surface area contributed by atoms with Gasteiger partial charge in [0.15, 0.2) is 0 Å². The summed E-state index contributed by atoms with van der Waals surface area (Å²) in [4.78, 5) is 46.0. The summed E-state index contributed by atoms with van der Waals surface area (Å²) in [6, 6.07) is 7.25. The van der Waals surface area contributed by atoms with E-state index in [1.165, 1.54) is 30.3 Å². The lowest BCUT2D eigenvalue weighted by Gasteiger charge is -2.21. The van der Waals surface area contributed by atoms with E-state index in [-0.39, 0.29) is 20.7 Å². The maximum absolute atomic E-state index is 12.6. The highest BCUT2D eigenvalue weighted by Crippen LogP contribution is 2.35. The molecule has 0 bridgehead atoms. The number of hydrogen-bond acceptors (Lipinski definition) is 8. The van der Waals surface area contributed by atoms with Crippen LogP contribution < -0.4 is 0 Å². The maximum Gasteiger partial charge on any atom is 0.327 e. The van der Waals surface area contributed by atoms with Crippen LogP contribution in [0, 0.1) is 10.1 Å². The number of nitro groups is 1. The molecule has 0 radical (unpaired) electrons. The number of benzene rings is 1. The number of thioether (sulfide) groups is 1. The fraction of sp³-hybridized carbons (Fsp3) is 0.111. The van der Waals surface area contributed by atoms with Gasteiger partial charge in [-0.1, -0.05) is 24.0 Å². The van der Waals surface area contributed by atoms with Gasteiger partial charge in [0.05, 0.1) is 16.2 Å². The van der Waals surface area contributed by atoms with Crippen molar-refractivity contribution in [1.29, 1.82) is 0 Å². The van der Waals surface area contributed by atoms with Gasteiger partial charge in [-0.2, -0.15) is 0 Å². The van der Waals surface area contributed by atoms with Crippen LogP contribution in [0.5, 0.6) is 0 Å². The van der Waals surface area contributed by atoms with Crippen molar-refractivity contribution in [3.63, 3.8) is 0 Å². The number of rotatable bonds is 7. The van der Waals surface area contributed by atoms with E-state index >= 15 is 0 Å². The normalized spacial score (nSPS) is 16.1. The third-order valence-corrected chi connectivity index (χ3v) is 5.38. The van der Waals surface area contributed by atoms with Crippen molar-refractivity contribution in [2.45, 2.75) is 12.5 Å². The van der Waals surface area contributed by atoms with Gasteiger partial charge in [0.2, 0.25) is 0 Å². The molecule has 2 aromatic rings. The van der Waals surface area contributed by atoms with E-state index in [0.29, 0.717) is 11.3 Å². The zero-order chi connectivity index (χ0) is 22.0. The lowest BCUT2D eigenvalue weighted by Crippen LogP contribution is -2.45. The van der Waals surface area contributed by atoms with Crippen molar-refractivity contribution >= 4 is 57.9 Å². The number of amides is 1. The van der Waals surface area contributed by atoms with Crippen molar-refractivity contribution in [2.75, 3.05) is 0 Å². The Labute approximate surface area is 177 Å². The van der Waals surface area contributed by atoms with Crippen LogP contribution in [0.25, 0.3) is 17.4 Å². The average Bonchev–Trinajstić information content (AvgIpc) is 3.25. The number of carbonyl (C=O) groups excluding carboxylic acids is 1. The molecule has 0 saturated carbocycles. The van der Waals surface area contributed by atoms with E-state index in [9.17, 15) is 29.6 Å². The van der Waals surface area contributed by atoms with Crippen LogP contribution in [0.15, 0.2) is 45.7 Å². The lowest BCUT2D eigenvalue weighted by molar-refractivity contribution is -0.384. The molecule has 2 N–H and O–H groups in total. The summed E-state index contributed by atoms with van der Waals surface area (Å²) >= 11 is 5.90. The fourth-order valence-electron chi connectivity index (χ4n) is 2.67. The zero-order valence-electron chi connectivity index (χ0n) is 14.9. The second-order valence-corrected chi connectivity index (χ2v) is 7.69. The number of furan rings is 1. The molecule has 0 aliphatic carbocycles. The number of aliphatic carboxylic acids is 2. The van der Waals surface area contributed by atoms with E-state index in [4.69, 9.17) is 21.7 Å². The molecule has 2 heterocycles. The largest absolute Gasteiger partial charge is 0.481 e. The first-order valence-corrected chi connectivity index (χ1v) is 9.46. The molecule has 1 aliphatic rings. The van der Waals surface area contributed by atoms with Crippen LogP contribution in [0.3, 0.4) is 0 Å². The summed E-state index contributed by atoms with van der Waals surface area (Å²) in [5, 5.41) is 28.9. The van der Waals surface area contributed by atoms with Crippen LogP contribution >= 0.6 is 24.0 Å². The minimum atomic E-state index is -1.62. The summed E-state index contributed by atoms with van der Waals surface area (Å²) in [5.74, 6) is -2.91. The third kappa shape index (κ3) is 4.39. The molecule has 1 fully saturated rings. The maximum atomic E-state index is 12.6. The Bertz CT molecular complexity index is 1090. The standard InChI is InChI=1S/C18H12N2O8S2/c21-15(22)8-12(17(24)25)19-16(23)14(30-18(19)29)7-11-5-6-13(28-11)9-1-3-10(4-2-9)20(26)27/h1-7,12H,8H2,(H,21,22)(H,24,25)/b14-7-/t12-/m1/s1. The highest BCUT2D eigenvalue weighted by atomic mass is 32.2. The van der Waals surface area contributed by atoms with Crippen molar-refractivity contribution in [1.82, 2.24) is 4.90 Å². The molecule has 1 aliphatic heterocycles. The Balaban J connectivity index is 1.83. The minimum Gasteiger partial charge on any atom is -0.481 e. The van der Waals surface area contributed by atoms with Crippen molar-refractivity contribution < 1.29 is 33.9 Å². The molecular weight excluding hydrogens is 436 g/mol. The summed E-state index contributed by atoms with van der Waals surface area (Å²) in [5.41, 5.74) is 0.517. The Morgan fingerprint density at radius 1 is 1.23 bits per heavy atom. The molecule has 0 unspecified atom stereocenters. The minimum absolute atomic E-state index is 0.0662. The van der Waals surface area contributed by atoms with Gasteiger partial charge in [0, 0.05) is 23.8 Å². The lowest BCUT2D eigenvalue weighted by atomic mass is 10.1. The molecule has 1 saturated heterocycles. The molecule has 3 rings (SSSR count). The highest BCUT2D eigenvalue weighted by Gasteiger charge is 2.41. The van der Waals surface area contributed by atoms with Crippen molar-refractivity contribution in [2.24, 2.45) is 0 Å². The van der Waals surface area contributed by atoms with E-state index in [2.05, 4.69) is 0 Å². The smallest absolute Gasteiger partial charge is 0.327 e. The van der Waals surface area contributed by atoms with Gasteiger partial charge < -0.3 is 14.6 Å². The van der Waals surface area contributed by atoms with Crippen LogP contribution in [0.4, 0.5) is 5.69 Å². The Morgan fingerprint density at radius 2 is 1.90 bits per heavy atom. The van der Waals surface area contributed by atoms with Gasteiger partial charge in [-0.25, -0.2) is 4.79 Å². The number of carboxylic acids is 2. The van der Waals surface area contributed by atoms with Crippen molar-refractivity contribution in [3.8, 4) is 11.3 Å². The quantitative estimate of drug-likeness (QED) is 0.280. The second kappa shape index (κ2) is 8.47. The molecule has 1 amide bonds.